The Balaban J connectivity index is 1.35. The minimum Gasteiger partial charge on any atom is -0.468 e. The maximum atomic E-state index is 13.0. The molecule has 0 saturated carbocycles. The molecule has 4 rings (SSSR count). The van der Waals surface area contributed by atoms with E-state index in [1.54, 1.807) is 6.26 Å². The fourth-order valence-electron chi connectivity index (χ4n) is 4.07. The lowest BCUT2D eigenvalue weighted by Gasteiger charge is -2.35. The number of benzene rings is 1. The summed E-state index contributed by atoms with van der Waals surface area (Å²) in [5.74, 6) is 1.41. The summed E-state index contributed by atoms with van der Waals surface area (Å²) in [5.41, 5.74) is 2.64. The maximum absolute atomic E-state index is 13.0. The van der Waals surface area contributed by atoms with Crippen LogP contribution in [0.25, 0.3) is 5.57 Å². The highest BCUT2D eigenvalue weighted by Gasteiger charge is 2.30. The Bertz CT molecular complexity index is 752. The van der Waals surface area contributed by atoms with Crippen LogP contribution in [-0.4, -0.2) is 41.9 Å². The number of nitrogens with zero attached hydrogens (tertiary/aromatic N) is 2. The number of furan rings is 1. The first-order valence-electron chi connectivity index (χ1n) is 9.57. The van der Waals surface area contributed by atoms with Crippen molar-refractivity contribution < 1.29 is 9.21 Å². The Morgan fingerprint density at radius 2 is 2.00 bits per heavy atom. The quantitative estimate of drug-likeness (QED) is 0.841. The standard InChI is InChI=1S/C22H26N2O2/c25-22(20-8-4-12-23(16-20)17-21-9-5-15-26-21)24-13-10-19(11-14-24)18-6-2-1-3-7-18/h1-3,5-7,9-10,15,20H,4,8,11-14,16-17H2/t20-/m0/s1. The molecule has 1 saturated heterocycles. The largest absolute Gasteiger partial charge is 0.468 e. The zero-order chi connectivity index (χ0) is 17.8. The van der Waals surface area contributed by atoms with E-state index in [-0.39, 0.29) is 5.92 Å². The molecule has 1 aromatic heterocycles. The summed E-state index contributed by atoms with van der Waals surface area (Å²) >= 11 is 0. The lowest BCUT2D eigenvalue weighted by atomic mass is 9.94. The van der Waals surface area contributed by atoms with Crippen LogP contribution in [0.2, 0.25) is 0 Å². The van der Waals surface area contributed by atoms with Crippen LogP contribution in [0, 0.1) is 5.92 Å². The predicted molar refractivity (Wildman–Crippen MR) is 102 cm³/mol. The molecule has 0 spiro atoms. The summed E-state index contributed by atoms with van der Waals surface area (Å²) in [7, 11) is 0. The number of hydrogen-bond donors (Lipinski definition) is 0. The molecule has 1 atom stereocenters. The van der Waals surface area contributed by atoms with Gasteiger partial charge in [0.15, 0.2) is 0 Å². The van der Waals surface area contributed by atoms with Crippen LogP contribution in [0.3, 0.4) is 0 Å². The monoisotopic (exact) mass is 350 g/mol. The van der Waals surface area contributed by atoms with Gasteiger partial charge in [-0.05, 0) is 49.1 Å². The summed E-state index contributed by atoms with van der Waals surface area (Å²) in [6.07, 6.45) is 6.96. The van der Waals surface area contributed by atoms with Gasteiger partial charge in [-0.2, -0.15) is 0 Å². The summed E-state index contributed by atoms with van der Waals surface area (Å²) in [6.45, 7) is 4.24. The fourth-order valence-corrected chi connectivity index (χ4v) is 4.07. The van der Waals surface area contributed by atoms with Gasteiger partial charge < -0.3 is 9.32 Å². The van der Waals surface area contributed by atoms with Crippen molar-refractivity contribution in [3.05, 3.63) is 66.1 Å². The van der Waals surface area contributed by atoms with Gasteiger partial charge >= 0.3 is 0 Å². The first-order chi connectivity index (χ1) is 12.8. The summed E-state index contributed by atoms with van der Waals surface area (Å²) in [5, 5.41) is 0. The van der Waals surface area contributed by atoms with E-state index in [2.05, 4.69) is 35.2 Å². The number of rotatable bonds is 4. The van der Waals surface area contributed by atoms with Crippen molar-refractivity contribution in [1.29, 1.82) is 0 Å². The van der Waals surface area contributed by atoms with Crippen molar-refractivity contribution in [3.63, 3.8) is 0 Å². The number of carbonyl (C=O) groups excluding carboxylic acids is 1. The summed E-state index contributed by atoms with van der Waals surface area (Å²) < 4.78 is 5.46. The van der Waals surface area contributed by atoms with Gasteiger partial charge in [0.2, 0.25) is 5.91 Å². The van der Waals surface area contributed by atoms with Crippen molar-refractivity contribution in [2.75, 3.05) is 26.2 Å². The lowest BCUT2D eigenvalue weighted by Crippen LogP contribution is -2.45. The van der Waals surface area contributed by atoms with E-state index in [1.165, 1.54) is 11.1 Å². The molecule has 1 aromatic carbocycles. The Labute approximate surface area is 155 Å². The Kier molecular flexibility index (Phi) is 5.21. The zero-order valence-corrected chi connectivity index (χ0v) is 15.1. The Morgan fingerprint density at radius 1 is 1.12 bits per heavy atom. The fraction of sp³-hybridized carbons (Fsp3) is 0.409. The molecule has 0 bridgehead atoms. The van der Waals surface area contributed by atoms with Crippen molar-refractivity contribution in [3.8, 4) is 0 Å². The number of likely N-dealkylation sites (tertiary alicyclic amines) is 1. The van der Waals surface area contributed by atoms with Crippen LogP contribution in [0.15, 0.2) is 59.2 Å². The molecular weight excluding hydrogens is 324 g/mol. The molecule has 0 unspecified atom stereocenters. The van der Waals surface area contributed by atoms with Crippen LogP contribution in [0.5, 0.6) is 0 Å². The first-order valence-corrected chi connectivity index (χ1v) is 9.57. The molecule has 1 amide bonds. The topological polar surface area (TPSA) is 36.7 Å². The van der Waals surface area contributed by atoms with Gasteiger partial charge in [0.25, 0.3) is 0 Å². The Morgan fingerprint density at radius 3 is 2.73 bits per heavy atom. The van der Waals surface area contributed by atoms with E-state index in [0.29, 0.717) is 5.91 Å². The number of amides is 1. The number of hydrogen-bond acceptors (Lipinski definition) is 3. The molecule has 1 fully saturated rings. The van der Waals surface area contributed by atoms with Crippen LogP contribution in [-0.2, 0) is 11.3 Å². The molecule has 4 nitrogen and oxygen atoms in total. The molecule has 4 heteroatoms. The van der Waals surface area contributed by atoms with Gasteiger partial charge in [-0.1, -0.05) is 36.4 Å². The molecule has 2 aromatic rings. The van der Waals surface area contributed by atoms with E-state index in [9.17, 15) is 4.79 Å². The van der Waals surface area contributed by atoms with E-state index < -0.39 is 0 Å². The molecule has 3 heterocycles. The molecule has 136 valence electrons. The highest BCUT2D eigenvalue weighted by atomic mass is 16.3. The smallest absolute Gasteiger partial charge is 0.227 e. The van der Waals surface area contributed by atoms with Crippen molar-refractivity contribution in [1.82, 2.24) is 9.80 Å². The highest BCUT2D eigenvalue weighted by molar-refractivity contribution is 5.80. The van der Waals surface area contributed by atoms with E-state index in [4.69, 9.17) is 4.42 Å². The van der Waals surface area contributed by atoms with Gasteiger partial charge in [0.1, 0.15) is 5.76 Å². The normalized spacial score (nSPS) is 21.5. The Hall–Kier alpha value is -2.33. The molecule has 2 aliphatic rings. The maximum Gasteiger partial charge on any atom is 0.227 e. The van der Waals surface area contributed by atoms with Gasteiger partial charge in [-0.15, -0.1) is 0 Å². The highest BCUT2D eigenvalue weighted by Crippen LogP contribution is 2.25. The predicted octanol–water partition coefficient (Wildman–Crippen LogP) is 3.81. The third-order valence-electron chi connectivity index (χ3n) is 5.48. The van der Waals surface area contributed by atoms with E-state index >= 15 is 0 Å². The van der Waals surface area contributed by atoms with Crippen molar-refractivity contribution in [2.45, 2.75) is 25.8 Å². The first kappa shape index (κ1) is 17.1. The minimum absolute atomic E-state index is 0.116. The van der Waals surface area contributed by atoms with Crippen LogP contribution in [0.1, 0.15) is 30.6 Å². The third-order valence-corrected chi connectivity index (χ3v) is 5.48. The molecule has 0 aliphatic carbocycles. The molecule has 0 radical (unpaired) electrons. The molecule has 0 N–H and O–H groups in total. The number of piperidine rings is 1. The minimum atomic E-state index is 0.116. The van der Waals surface area contributed by atoms with Gasteiger partial charge in [-0.25, -0.2) is 0 Å². The van der Waals surface area contributed by atoms with Gasteiger partial charge in [0.05, 0.1) is 18.7 Å². The zero-order valence-electron chi connectivity index (χ0n) is 15.1. The average Bonchev–Trinajstić information content (AvgIpc) is 3.21. The van der Waals surface area contributed by atoms with E-state index in [0.717, 1.165) is 57.7 Å². The van der Waals surface area contributed by atoms with Crippen LogP contribution >= 0.6 is 0 Å². The van der Waals surface area contributed by atoms with Gasteiger partial charge in [-0.3, -0.25) is 9.69 Å². The molecule has 26 heavy (non-hydrogen) atoms. The van der Waals surface area contributed by atoms with E-state index in [1.807, 2.05) is 23.1 Å². The molecular formula is C22H26N2O2. The second-order valence-electron chi connectivity index (χ2n) is 7.28. The summed E-state index contributed by atoms with van der Waals surface area (Å²) in [6, 6.07) is 14.4. The van der Waals surface area contributed by atoms with Crippen LogP contribution < -0.4 is 0 Å². The summed E-state index contributed by atoms with van der Waals surface area (Å²) in [4.78, 5) is 17.4. The number of carbonyl (C=O) groups is 1. The lowest BCUT2D eigenvalue weighted by molar-refractivity contribution is -0.137. The third kappa shape index (κ3) is 3.91. The second-order valence-corrected chi connectivity index (χ2v) is 7.28. The molecule has 2 aliphatic heterocycles. The SMILES string of the molecule is O=C([C@H]1CCCN(Cc2ccco2)C1)N1CC=C(c2ccccc2)CC1. The average molecular weight is 350 g/mol. The van der Waals surface area contributed by atoms with Gasteiger partial charge in [0, 0.05) is 19.6 Å². The van der Waals surface area contributed by atoms with Crippen molar-refractivity contribution >= 4 is 11.5 Å². The van der Waals surface area contributed by atoms with Crippen LogP contribution in [0.4, 0.5) is 0 Å². The second kappa shape index (κ2) is 7.92. The van der Waals surface area contributed by atoms with Crippen molar-refractivity contribution in [2.24, 2.45) is 5.92 Å².